The third kappa shape index (κ3) is 5.08. The first-order valence-corrected chi connectivity index (χ1v) is 16.0. The molecule has 1 N–H and O–H groups in total. The summed E-state index contributed by atoms with van der Waals surface area (Å²) >= 11 is 0. The summed E-state index contributed by atoms with van der Waals surface area (Å²) in [5.74, 6) is -0.574. The van der Waals surface area contributed by atoms with Crippen LogP contribution in [-0.4, -0.2) is 71.7 Å². The number of fused-ring (bicyclic) bond motifs is 4. The molecule has 0 saturated carbocycles. The summed E-state index contributed by atoms with van der Waals surface area (Å²) in [5.41, 5.74) is 6.81. The van der Waals surface area contributed by atoms with Gasteiger partial charge in [0.2, 0.25) is 5.91 Å². The predicted octanol–water partition coefficient (Wildman–Crippen LogP) is 5.73. The third-order valence-electron chi connectivity index (χ3n) is 9.55. The zero-order chi connectivity index (χ0) is 32.1. The largest absolute Gasteiger partial charge is 0.493 e. The molecule has 4 aromatic rings. The van der Waals surface area contributed by atoms with Crippen LogP contribution in [0.1, 0.15) is 39.3 Å². The van der Waals surface area contributed by atoms with Crippen molar-refractivity contribution in [2.24, 2.45) is 0 Å². The zero-order valence-corrected chi connectivity index (χ0v) is 25.7. The number of carbonyl (C=O) groups excluding carboxylic acids is 2. The standard InChI is InChI=1S/C38H33N3O6/c42-36(35(28-11-13-33-26(21-28)15-19-46-33)29-12-14-34-27(22-29)16-20-47-34)40-18-17-39(23-32(40)37(43)44)38(45)41-30-7-3-1-5-24(30)9-10-25-6-2-4-8-31(25)41/h1-14,21-22,32,35H,15-20,23H2,(H,43,44)/t32-/m0/s1. The van der Waals surface area contributed by atoms with E-state index in [-0.39, 0.29) is 31.6 Å². The Morgan fingerprint density at radius 1 is 0.723 bits per heavy atom. The molecule has 0 spiro atoms. The lowest BCUT2D eigenvalue weighted by Gasteiger charge is -2.42. The van der Waals surface area contributed by atoms with Crippen LogP contribution >= 0.6 is 0 Å². The van der Waals surface area contributed by atoms with Crippen LogP contribution in [0.4, 0.5) is 16.2 Å². The van der Waals surface area contributed by atoms with Gasteiger partial charge in [-0.15, -0.1) is 0 Å². The highest BCUT2D eigenvalue weighted by atomic mass is 16.5. The number of carboxylic acids is 1. The van der Waals surface area contributed by atoms with Gasteiger partial charge in [0.1, 0.15) is 17.5 Å². The van der Waals surface area contributed by atoms with Gasteiger partial charge in [0.05, 0.1) is 37.1 Å². The summed E-state index contributed by atoms with van der Waals surface area (Å²) in [6, 6.07) is 25.3. The van der Waals surface area contributed by atoms with Crippen molar-refractivity contribution in [1.82, 2.24) is 9.80 Å². The molecule has 9 nitrogen and oxygen atoms in total. The Labute approximate surface area is 272 Å². The van der Waals surface area contributed by atoms with E-state index in [1.165, 1.54) is 4.90 Å². The molecule has 0 aromatic heterocycles. The van der Waals surface area contributed by atoms with E-state index in [4.69, 9.17) is 9.47 Å². The van der Waals surface area contributed by atoms with Gasteiger partial charge in [-0.2, -0.15) is 0 Å². The van der Waals surface area contributed by atoms with Crippen LogP contribution < -0.4 is 14.4 Å². The van der Waals surface area contributed by atoms with Crippen molar-refractivity contribution in [1.29, 1.82) is 0 Å². The number of aliphatic carboxylic acids is 1. The molecular formula is C38H33N3O6. The minimum absolute atomic E-state index is 0.0789. The van der Waals surface area contributed by atoms with Crippen molar-refractivity contribution < 1.29 is 29.0 Å². The Bertz CT molecular complexity index is 1850. The van der Waals surface area contributed by atoms with Gasteiger partial charge < -0.3 is 24.4 Å². The predicted molar refractivity (Wildman–Crippen MR) is 177 cm³/mol. The number of hydrogen-bond acceptors (Lipinski definition) is 5. The molecule has 0 bridgehead atoms. The number of piperazine rings is 1. The maximum Gasteiger partial charge on any atom is 0.329 e. The van der Waals surface area contributed by atoms with E-state index in [1.807, 2.05) is 97.1 Å². The Morgan fingerprint density at radius 3 is 1.83 bits per heavy atom. The molecule has 4 aliphatic rings. The second-order valence-corrected chi connectivity index (χ2v) is 12.3. The average Bonchev–Trinajstić information content (AvgIpc) is 3.74. The Balaban J connectivity index is 1.12. The van der Waals surface area contributed by atoms with Crippen molar-refractivity contribution >= 4 is 41.4 Å². The van der Waals surface area contributed by atoms with Gasteiger partial charge >= 0.3 is 12.0 Å². The number of rotatable bonds is 4. The Hall–Kier alpha value is -5.57. The number of amides is 3. The number of para-hydroxylation sites is 2. The molecule has 0 unspecified atom stereocenters. The fraction of sp³-hybridized carbons (Fsp3) is 0.237. The van der Waals surface area contributed by atoms with E-state index >= 15 is 0 Å². The van der Waals surface area contributed by atoms with E-state index in [0.29, 0.717) is 24.6 Å². The van der Waals surface area contributed by atoms with Crippen molar-refractivity contribution in [3.63, 3.8) is 0 Å². The monoisotopic (exact) mass is 627 g/mol. The number of carbonyl (C=O) groups is 3. The molecule has 236 valence electrons. The molecule has 0 radical (unpaired) electrons. The number of carboxylic acid groups (broad SMARTS) is 1. The van der Waals surface area contributed by atoms with Crippen molar-refractivity contribution in [2.75, 3.05) is 37.7 Å². The van der Waals surface area contributed by atoms with Gasteiger partial charge in [0.15, 0.2) is 0 Å². The molecule has 4 heterocycles. The maximum absolute atomic E-state index is 14.6. The molecule has 1 saturated heterocycles. The highest BCUT2D eigenvalue weighted by Gasteiger charge is 2.42. The zero-order valence-electron chi connectivity index (χ0n) is 25.7. The summed E-state index contributed by atoms with van der Waals surface area (Å²) < 4.78 is 11.5. The van der Waals surface area contributed by atoms with E-state index in [0.717, 1.165) is 57.7 Å². The van der Waals surface area contributed by atoms with E-state index in [1.54, 1.807) is 9.80 Å². The topological polar surface area (TPSA) is 99.6 Å². The van der Waals surface area contributed by atoms with Crippen LogP contribution in [0, 0.1) is 0 Å². The number of nitrogens with zero attached hydrogens (tertiary/aromatic N) is 3. The van der Waals surface area contributed by atoms with E-state index in [9.17, 15) is 19.5 Å². The number of hydrogen-bond donors (Lipinski definition) is 1. The van der Waals surface area contributed by atoms with Gasteiger partial charge in [0.25, 0.3) is 0 Å². The minimum atomic E-state index is -1.23. The molecule has 1 atom stereocenters. The van der Waals surface area contributed by atoms with Crippen LogP contribution in [0.5, 0.6) is 11.5 Å². The lowest BCUT2D eigenvalue weighted by molar-refractivity contribution is -0.153. The molecule has 47 heavy (non-hydrogen) atoms. The van der Waals surface area contributed by atoms with E-state index < -0.39 is 17.9 Å². The van der Waals surface area contributed by atoms with Crippen LogP contribution in [0.2, 0.25) is 0 Å². The number of anilines is 2. The van der Waals surface area contributed by atoms with Crippen molar-refractivity contribution in [2.45, 2.75) is 24.8 Å². The minimum Gasteiger partial charge on any atom is -0.493 e. The molecule has 8 rings (SSSR count). The van der Waals surface area contributed by atoms with Crippen molar-refractivity contribution in [3.8, 4) is 11.5 Å². The first-order chi connectivity index (χ1) is 23.0. The van der Waals surface area contributed by atoms with Crippen molar-refractivity contribution in [3.05, 3.63) is 118 Å². The summed E-state index contributed by atoms with van der Waals surface area (Å²) in [5, 5.41) is 10.5. The molecular weight excluding hydrogens is 594 g/mol. The van der Waals surface area contributed by atoms with Crippen LogP contribution in [0.3, 0.4) is 0 Å². The molecule has 0 aliphatic carbocycles. The van der Waals surface area contributed by atoms with Gasteiger partial charge in [0, 0.05) is 25.9 Å². The lowest BCUT2D eigenvalue weighted by atomic mass is 9.87. The normalized spacial score (nSPS) is 17.6. The Morgan fingerprint density at radius 2 is 1.28 bits per heavy atom. The SMILES string of the molecule is O=C(O)[C@@H]1CN(C(=O)N2c3ccccc3C=Cc3ccccc32)CCN1C(=O)C(c1ccc2c(c1)CCO2)c1ccc2c(c1)CCO2. The summed E-state index contributed by atoms with van der Waals surface area (Å²) in [6.45, 7) is 1.30. The second-order valence-electron chi connectivity index (χ2n) is 12.3. The quantitative estimate of drug-likeness (QED) is 0.311. The van der Waals surface area contributed by atoms with Crippen LogP contribution in [0.25, 0.3) is 12.2 Å². The van der Waals surface area contributed by atoms with Crippen LogP contribution in [-0.2, 0) is 22.4 Å². The molecule has 4 aliphatic heterocycles. The molecule has 9 heteroatoms. The first-order valence-electron chi connectivity index (χ1n) is 16.0. The molecule has 3 amide bonds. The van der Waals surface area contributed by atoms with Crippen LogP contribution in [0.15, 0.2) is 84.9 Å². The average molecular weight is 628 g/mol. The maximum atomic E-state index is 14.6. The third-order valence-corrected chi connectivity index (χ3v) is 9.55. The smallest absolute Gasteiger partial charge is 0.329 e. The van der Waals surface area contributed by atoms with E-state index in [2.05, 4.69) is 0 Å². The number of benzene rings is 4. The number of urea groups is 1. The highest BCUT2D eigenvalue weighted by Crippen LogP contribution is 2.39. The first kappa shape index (κ1) is 28.9. The van der Waals surface area contributed by atoms with Gasteiger partial charge in [-0.3, -0.25) is 9.69 Å². The highest BCUT2D eigenvalue weighted by molar-refractivity contribution is 6.06. The summed E-state index contributed by atoms with van der Waals surface area (Å²) in [4.78, 5) is 46.5. The molecule has 1 fully saturated rings. The Kier molecular flexibility index (Phi) is 7.16. The second kappa shape index (κ2) is 11.7. The van der Waals surface area contributed by atoms with Gasteiger partial charge in [-0.1, -0.05) is 72.8 Å². The van der Waals surface area contributed by atoms with Gasteiger partial charge in [-0.25, -0.2) is 9.59 Å². The lowest BCUT2D eigenvalue weighted by Crippen LogP contribution is -2.61. The molecule has 4 aromatic carbocycles. The summed E-state index contributed by atoms with van der Waals surface area (Å²) in [7, 11) is 0. The van der Waals surface area contributed by atoms with Gasteiger partial charge in [-0.05, 0) is 57.6 Å². The fourth-order valence-electron chi connectivity index (χ4n) is 7.17. The summed E-state index contributed by atoms with van der Waals surface area (Å²) in [6.07, 6.45) is 5.46. The number of ether oxygens (including phenoxy) is 2. The fourth-order valence-corrected chi connectivity index (χ4v) is 7.17.